The van der Waals surface area contributed by atoms with Crippen molar-refractivity contribution in [1.82, 2.24) is 4.90 Å². The van der Waals surface area contributed by atoms with Crippen molar-refractivity contribution in [2.75, 3.05) is 18.7 Å². The van der Waals surface area contributed by atoms with Gasteiger partial charge in [-0.1, -0.05) is 30.3 Å². The van der Waals surface area contributed by atoms with Crippen LogP contribution < -0.4 is 0 Å². The van der Waals surface area contributed by atoms with Gasteiger partial charge in [0.15, 0.2) is 0 Å². The van der Waals surface area contributed by atoms with Crippen molar-refractivity contribution < 1.29 is 14.3 Å². The lowest BCUT2D eigenvalue weighted by Gasteiger charge is -2.19. The fourth-order valence-electron chi connectivity index (χ4n) is 1.82. The third-order valence-electron chi connectivity index (χ3n) is 2.86. The molecule has 100 valence electrons. The Morgan fingerprint density at radius 2 is 2.11 bits per heavy atom. The van der Waals surface area contributed by atoms with Gasteiger partial charge in [0.05, 0.1) is 13.0 Å². The highest BCUT2D eigenvalue weighted by molar-refractivity contribution is 7.99. The lowest BCUT2D eigenvalue weighted by Crippen LogP contribution is -2.41. The number of methoxy groups -OCH3 is 1. The van der Waals surface area contributed by atoms with Crippen LogP contribution in [-0.4, -0.2) is 41.6 Å². The van der Waals surface area contributed by atoms with Crippen molar-refractivity contribution in [3.05, 3.63) is 42.0 Å². The summed E-state index contributed by atoms with van der Waals surface area (Å²) < 4.78 is 4.71. The van der Waals surface area contributed by atoms with Gasteiger partial charge in [-0.15, -0.1) is 11.8 Å². The first-order valence-electron chi connectivity index (χ1n) is 5.91. The number of esters is 1. The topological polar surface area (TPSA) is 46.6 Å². The summed E-state index contributed by atoms with van der Waals surface area (Å²) in [7, 11) is 1.34. The molecule has 0 saturated carbocycles. The first kappa shape index (κ1) is 13.7. The van der Waals surface area contributed by atoms with E-state index in [2.05, 4.69) is 0 Å². The molecule has 1 saturated heterocycles. The summed E-state index contributed by atoms with van der Waals surface area (Å²) >= 11 is 1.55. The van der Waals surface area contributed by atoms with E-state index in [0.29, 0.717) is 11.6 Å². The first-order valence-corrected chi connectivity index (χ1v) is 7.07. The molecule has 1 atom stereocenters. The highest BCUT2D eigenvalue weighted by Crippen LogP contribution is 2.22. The number of nitrogens with zero attached hydrogens (tertiary/aromatic N) is 1. The average molecular weight is 277 g/mol. The van der Waals surface area contributed by atoms with Crippen LogP contribution in [0.3, 0.4) is 0 Å². The number of amides is 1. The highest BCUT2D eigenvalue weighted by Gasteiger charge is 2.34. The van der Waals surface area contributed by atoms with Crippen LogP contribution in [0.1, 0.15) is 5.56 Å². The zero-order valence-electron chi connectivity index (χ0n) is 10.6. The molecule has 0 aliphatic carbocycles. The molecule has 5 heteroatoms. The Bertz CT molecular complexity index is 487. The Morgan fingerprint density at radius 1 is 1.37 bits per heavy atom. The quantitative estimate of drug-likeness (QED) is 0.624. The maximum atomic E-state index is 12.1. The minimum atomic E-state index is -0.470. The van der Waals surface area contributed by atoms with Gasteiger partial charge in [0.2, 0.25) is 5.91 Å². The van der Waals surface area contributed by atoms with Gasteiger partial charge < -0.3 is 9.64 Å². The summed E-state index contributed by atoms with van der Waals surface area (Å²) in [4.78, 5) is 25.2. The maximum absolute atomic E-state index is 12.1. The molecule has 1 aromatic carbocycles. The van der Waals surface area contributed by atoms with Crippen molar-refractivity contribution >= 4 is 29.7 Å². The van der Waals surface area contributed by atoms with E-state index in [1.54, 1.807) is 17.8 Å². The van der Waals surface area contributed by atoms with Gasteiger partial charge in [0, 0.05) is 11.8 Å². The number of thioether (sulfide) groups is 1. The van der Waals surface area contributed by atoms with E-state index in [1.807, 2.05) is 30.3 Å². The Kier molecular flexibility index (Phi) is 4.63. The molecule has 1 aliphatic heterocycles. The molecule has 0 N–H and O–H groups in total. The van der Waals surface area contributed by atoms with Gasteiger partial charge in [-0.25, -0.2) is 4.79 Å². The zero-order valence-corrected chi connectivity index (χ0v) is 11.4. The number of carbonyl (C=O) groups excluding carboxylic acids is 2. The fourth-order valence-corrected chi connectivity index (χ4v) is 2.97. The first-order chi connectivity index (χ1) is 9.22. The number of rotatable bonds is 3. The minimum absolute atomic E-state index is 0.163. The van der Waals surface area contributed by atoms with Gasteiger partial charge >= 0.3 is 5.97 Å². The standard InChI is InChI=1S/C14H15NO3S/c1-18-14(17)12-9-19-10-15(12)13(16)8-7-11-5-3-2-4-6-11/h2-8,12H,9-10H2,1H3/b8-7-/t12-/m0/s1. The smallest absolute Gasteiger partial charge is 0.329 e. The molecule has 1 aromatic rings. The van der Waals surface area contributed by atoms with Crippen molar-refractivity contribution in [3.8, 4) is 0 Å². The summed E-state index contributed by atoms with van der Waals surface area (Å²) in [5, 5.41) is 0. The Labute approximate surface area is 116 Å². The Morgan fingerprint density at radius 3 is 2.79 bits per heavy atom. The zero-order chi connectivity index (χ0) is 13.7. The summed E-state index contributed by atoms with van der Waals surface area (Å²) in [6.45, 7) is 0. The number of carbonyl (C=O) groups is 2. The molecule has 19 heavy (non-hydrogen) atoms. The van der Waals surface area contributed by atoms with E-state index in [-0.39, 0.29) is 11.9 Å². The second-order valence-electron chi connectivity index (χ2n) is 4.09. The van der Waals surface area contributed by atoms with Crippen molar-refractivity contribution in [3.63, 3.8) is 0 Å². The summed E-state index contributed by atoms with van der Waals surface area (Å²) in [5.74, 6) is 0.602. The molecule has 0 unspecified atom stereocenters. The molecule has 0 spiro atoms. The van der Waals surface area contributed by atoms with Gasteiger partial charge in [0.25, 0.3) is 0 Å². The number of ether oxygens (including phenoxy) is 1. The Balaban J connectivity index is 2.03. The van der Waals surface area contributed by atoms with Gasteiger partial charge in [-0.05, 0) is 11.6 Å². The second-order valence-corrected chi connectivity index (χ2v) is 5.09. The van der Waals surface area contributed by atoms with Gasteiger partial charge in [-0.2, -0.15) is 0 Å². The van der Waals surface area contributed by atoms with Crippen LogP contribution >= 0.6 is 11.8 Å². The average Bonchev–Trinajstić information content (AvgIpc) is 2.94. The molecule has 1 heterocycles. The number of benzene rings is 1. The highest BCUT2D eigenvalue weighted by atomic mass is 32.2. The molecule has 0 aromatic heterocycles. The van der Waals surface area contributed by atoms with Crippen molar-refractivity contribution in [2.24, 2.45) is 0 Å². The van der Waals surface area contributed by atoms with E-state index in [9.17, 15) is 9.59 Å². The molecule has 0 radical (unpaired) electrons. The van der Waals surface area contributed by atoms with Crippen LogP contribution in [0.5, 0.6) is 0 Å². The second kappa shape index (κ2) is 6.43. The van der Waals surface area contributed by atoms with Crippen LogP contribution in [0.2, 0.25) is 0 Å². The van der Waals surface area contributed by atoms with Crippen LogP contribution in [0.15, 0.2) is 36.4 Å². The number of hydrogen-bond donors (Lipinski definition) is 0. The largest absolute Gasteiger partial charge is 0.467 e. The molecular weight excluding hydrogens is 262 g/mol. The minimum Gasteiger partial charge on any atom is -0.467 e. The Hall–Kier alpha value is -1.75. The molecule has 1 aliphatic rings. The maximum Gasteiger partial charge on any atom is 0.329 e. The van der Waals surface area contributed by atoms with Crippen LogP contribution in [0, 0.1) is 0 Å². The van der Waals surface area contributed by atoms with E-state index >= 15 is 0 Å². The van der Waals surface area contributed by atoms with E-state index in [4.69, 9.17) is 4.74 Å². The summed E-state index contributed by atoms with van der Waals surface area (Å²) in [5.41, 5.74) is 0.956. The fraction of sp³-hybridized carbons (Fsp3) is 0.286. The van der Waals surface area contributed by atoms with Crippen LogP contribution in [0.4, 0.5) is 0 Å². The van der Waals surface area contributed by atoms with Crippen molar-refractivity contribution in [1.29, 1.82) is 0 Å². The summed E-state index contributed by atoms with van der Waals surface area (Å²) in [6, 6.07) is 9.10. The molecule has 1 fully saturated rings. The molecule has 1 amide bonds. The predicted octanol–water partition coefficient (Wildman–Crippen LogP) is 1.77. The third kappa shape index (κ3) is 3.38. The molecular formula is C14H15NO3S. The number of hydrogen-bond acceptors (Lipinski definition) is 4. The van der Waals surface area contributed by atoms with Crippen molar-refractivity contribution in [2.45, 2.75) is 6.04 Å². The molecule has 0 bridgehead atoms. The van der Waals surface area contributed by atoms with E-state index in [0.717, 1.165) is 5.56 Å². The SMILES string of the molecule is COC(=O)[C@@H]1CSCN1C(=O)/C=C\c1ccccc1. The van der Waals surface area contributed by atoms with Gasteiger partial charge in [-0.3, -0.25) is 4.79 Å². The third-order valence-corrected chi connectivity index (χ3v) is 3.87. The van der Waals surface area contributed by atoms with Gasteiger partial charge in [0.1, 0.15) is 6.04 Å². The summed E-state index contributed by atoms with van der Waals surface area (Å²) in [6.07, 6.45) is 3.25. The lowest BCUT2D eigenvalue weighted by molar-refractivity contribution is -0.149. The normalized spacial score (nSPS) is 18.8. The molecule has 4 nitrogen and oxygen atoms in total. The van der Waals surface area contributed by atoms with E-state index < -0.39 is 6.04 Å². The van der Waals surface area contributed by atoms with Crippen LogP contribution in [0.25, 0.3) is 6.08 Å². The van der Waals surface area contributed by atoms with Crippen LogP contribution in [-0.2, 0) is 14.3 Å². The lowest BCUT2D eigenvalue weighted by atomic mass is 10.2. The van der Waals surface area contributed by atoms with E-state index in [1.165, 1.54) is 18.1 Å². The molecule has 2 rings (SSSR count). The monoisotopic (exact) mass is 277 g/mol. The predicted molar refractivity (Wildman–Crippen MR) is 75.5 cm³/mol.